The van der Waals surface area contributed by atoms with Crippen LogP contribution in [0.25, 0.3) is 0 Å². The van der Waals surface area contributed by atoms with E-state index in [0.29, 0.717) is 6.42 Å². The van der Waals surface area contributed by atoms with Crippen molar-refractivity contribution >= 4 is 54.7 Å². The predicted molar refractivity (Wildman–Crippen MR) is 44.1 cm³/mol. The third-order valence-electron chi connectivity index (χ3n) is 0.594. The van der Waals surface area contributed by atoms with Gasteiger partial charge in [-0.05, 0) is 12.5 Å². The van der Waals surface area contributed by atoms with Gasteiger partial charge in [-0.3, -0.25) is 0 Å². The summed E-state index contributed by atoms with van der Waals surface area (Å²) in [5, 5.41) is 0. The average Bonchev–Trinajstić information content (AvgIpc) is 1.59. The van der Waals surface area contributed by atoms with Crippen LogP contribution in [0.3, 0.4) is 0 Å². The quantitative estimate of drug-likeness (QED) is 0.374. The second-order valence-corrected chi connectivity index (χ2v) is 6.14. The molecular weight excluding hydrogens is 206 g/mol. The van der Waals surface area contributed by atoms with Crippen molar-refractivity contribution in [3.63, 3.8) is 0 Å². The molecule has 0 aliphatic heterocycles. The van der Waals surface area contributed by atoms with Crippen molar-refractivity contribution < 1.29 is 0 Å². The van der Waals surface area contributed by atoms with Crippen molar-refractivity contribution in [2.45, 2.75) is 16.3 Å². The summed E-state index contributed by atoms with van der Waals surface area (Å²) in [4.78, 5) is 0. The summed E-state index contributed by atoms with van der Waals surface area (Å²) >= 11 is 21.7. The van der Waals surface area contributed by atoms with Crippen LogP contribution in [-0.4, -0.2) is 12.6 Å². The first-order valence-corrected chi connectivity index (χ1v) is 6.46. The van der Waals surface area contributed by atoms with Gasteiger partial charge in [0, 0.05) is 0 Å². The molecule has 0 unspecified atom stereocenters. The molecule has 0 aromatic rings. The maximum Gasteiger partial charge on any atom is 0.190 e. The van der Waals surface area contributed by atoms with Crippen LogP contribution in [-0.2, 0) is 0 Å². The van der Waals surface area contributed by atoms with Crippen LogP contribution in [0.4, 0.5) is 0 Å². The molecule has 0 bridgehead atoms. The Morgan fingerprint density at radius 1 is 1.25 bits per heavy atom. The van der Waals surface area contributed by atoms with Crippen LogP contribution in [0, 0.1) is 0 Å². The maximum atomic E-state index is 5.47. The van der Waals surface area contributed by atoms with E-state index < -0.39 is 12.6 Å². The van der Waals surface area contributed by atoms with Gasteiger partial charge in [-0.15, -0.1) is 0 Å². The first kappa shape index (κ1) is 9.38. The molecule has 50 valence electrons. The third-order valence-corrected chi connectivity index (χ3v) is 2.58. The third kappa shape index (κ3) is 7.38. The Balaban J connectivity index is 3.11. The van der Waals surface area contributed by atoms with Crippen molar-refractivity contribution in [2.24, 2.45) is 0 Å². The van der Waals surface area contributed by atoms with Crippen molar-refractivity contribution in [3.05, 3.63) is 0 Å². The number of hydrogen-bond acceptors (Lipinski definition) is 0. The molecule has 0 heterocycles. The number of alkyl halides is 3. The summed E-state index contributed by atoms with van der Waals surface area (Å²) in [7, 11) is -0.447. The molecule has 0 saturated carbocycles. The van der Waals surface area contributed by atoms with Crippen LogP contribution in [0.5, 0.6) is 0 Å². The van der Waals surface area contributed by atoms with Gasteiger partial charge in [-0.1, -0.05) is 34.8 Å². The molecule has 0 amide bonds. The van der Waals surface area contributed by atoms with Crippen molar-refractivity contribution in [3.8, 4) is 0 Å². The lowest BCUT2D eigenvalue weighted by atomic mass is 10.6. The summed E-state index contributed by atoms with van der Waals surface area (Å²) in [6.07, 6.45) is 0.591. The van der Waals surface area contributed by atoms with E-state index in [1.165, 1.54) is 0 Å². The lowest BCUT2D eigenvalue weighted by molar-refractivity contribution is 0.969. The van der Waals surface area contributed by atoms with Crippen LogP contribution >= 0.6 is 45.9 Å². The number of hydrogen-bond donors (Lipinski definition) is 0. The normalized spacial score (nSPS) is 13.5. The van der Waals surface area contributed by atoms with Gasteiger partial charge in [0.15, 0.2) is 3.79 Å². The minimum Gasteiger partial charge on any atom is -0.176 e. The van der Waals surface area contributed by atoms with Crippen molar-refractivity contribution in [2.75, 3.05) is 0 Å². The van der Waals surface area contributed by atoms with Gasteiger partial charge in [0.2, 0.25) is 0 Å². The SMILES string of the molecule is Cl[SiH2]CCC(Cl)(Cl)Cl. The van der Waals surface area contributed by atoms with Gasteiger partial charge in [0.25, 0.3) is 0 Å². The summed E-state index contributed by atoms with van der Waals surface area (Å²) < 4.78 is -1.08. The van der Waals surface area contributed by atoms with Crippen LogP contribution in [0.15, 0.2) is 0 Å². The topological polar surface area (TPSA) is 0 Å². The van der Waals surface area contributed by atoms with E-state index in [-0.39, 0.29) is 0 Å². The fourth-order valence-corrected chi connectivity index (χ4v) is 2.41. The van der Waals surface area contributed by atoms with Gasteiger partial charge >= 0.3 is 0 Å². The van der Waals surface area contributed by atoms with E-state index in [1.807, 2.05) is 0 Å². The van der Waals surface area contributed by atoms with E-state index in [1.54, 1.807) is 0 Å². The van der Waals surface area contributed by atoms with Gasteiger partial charge in [-0.25, -0.2) is 0 Å². The molecule has 0 atom stereocenters. The summed E-state index contributed by atoms with van der Waals surface area (Å²) in [6.45, 7) is 0. The van der Waals surface area contributed by atoms with Crippen molar-refractivity contribution in [1.82, 2.24) is 0 Å². The highest BCUT2D eigenvalue weighted by Crippen LogP contribution is 2.31. The van der Waals surface area contributed by atoms with E-state index >= 15 is 0 Å². The largest absolute Gasteiger partial charge is 0.190 e. The van der Waals surface area contributed by atoms with E-state index in [4.69, 9.17) is 45.9 Å². The first-order valence-electron chi connectivity index (χ1n) is 2.19. The first-order chi connectivity index (χ1) is 3.56. The molecule has 5 heteroatoms. The fourth-order valence-electron chi connectivity index (χ4n) is 0.267. The molecule has 0 N–H and O–H groups in total. The zero-order valence-electron chi connectivity index (χ0n) is 4.13. The van der Waals surface area contributed by atoms with Crippen LogP contribution < -0.4 is 0 Å². The summed E-state index contributed by atoms with van der Waals surface area (Å²) in [5.74, 6) is 0. The smallest absolute Gasteiger partial charge is 0.176 e. The second kappa shape index (κ2) is 4.23. The highest BCUT2D eigenvalue weighted by molar-refractivity contribution is 6.93. The zero-order chi connectivity index (χ0) is 6.62. The lowest BCUT2D eigenvalue weighted by Gasteiger charge is -2.06. The van der Waals surface area contributed by atoms with E-state index in [2.05, 4.69) is 0 Å². The Morgan fingerprint density at radius 3 is 1.88 bits per heavy atom. The van der Waals surface area contributed by atoms with Gasteiger partial charge in [0.05, 0.1) is 0 Å². The molecule has 0 fully saturated rings. The predicted octanol–water partition coefficient (Wildman–Crippen LogP) is 2.49. The minimum atomic E-state index is -1.08. The Morgan fingerprint density at radius 2 is 1.75 bits per heavy atom. The fraction of sp³-hybridized carbons (Fsp3) is 1.00. The zero-order valence-corrected chi connectivity index (χ0v) is 8.57. The van der Waals surface area contributed by atoms with E-state index in [9.17, 15) is 0 Å². The lowest BCUT2D eigenvalue weighted by Crippen LogP contribution is -2.01. The van der Waals surface area contributed by atoms with Gasteiger partial charge in [0.1, 0.15) is 8.83 Å². The standard InChI is InChI=1S/C3H6Cl4Si/c4-3(5,6)1-2-8-7/h1-2,8H2. The molecule has 0 aromatic carbocycles. The number of halogens is 4. The Kier molecular flexibility index (Phi) is 4.96. The molecule has 0 nitrogen and oxygen atoms in total. The Bertz CT molecular complexity index is 58.8. The van der Waals surface area contributed by atoms with Crippen molar-refractivity contribution in [1.29, 1.82) is 0 Å². The average molecular weight is 212 g/mol. The monoisotopic (exact) mass is 210 g/mol. The molecule has 0 rings (SSSR count). The van der Waals surface area contributed by atoms with Gasteiger partial charge in [-0.2, -0.15) is 11.1 Å². The summed E-state index contributed by atoms with van der Waals surface area (Å²) in [5.41, 5.74) is 0. The van der Waals surface area contributed by atoms with Crippen LogP contribution in [0.2, 0.25) is 6.04 Å². The number of rotatable bonds is 2. The van der Waals surface area contributed by atoms with E-state index in [0.717, 1.165) is 6.04 Å². The van der Waals surface area contributed by atoms with Crippen LogP contribution in [0.1, 0.15) is 6.42 Å². The summed E-state index contributed by atoms with van der Waals surface area (Å²) in [6, 6.07) is 0.887. The molecule has 0 aliphatic rings. The molecule has 0 spiro atoms. The van der Waals surface area contributed by atoms with Gasteiger partial charge < -0.3 is 0 Å². The molecule has 0 saturated heterocycles. The Hall–Kier alpha value is 1.38. The Labute approximate surface area is 71.0 Å². The highest BCUT2D eigenvalue weighted by atomic mass is 35.6. The minimum absolute atomic E-state index is 0.447. The highest BCUT2D eigenvalue weighted by Gasteiger charge is 2.17. The second-order valence-electron chi connectivity index (χ2n) is 1.41. The molecule has 0 radical (unpaired) electrons. The molecule has 8 heavy (non-hydrogen) atoms. The molecule has 0 aromatic heterocycles. The molecule has 0 aliphatic carbocycles. The molecular formula is C3H6Cl4Si. The maximum absolute atomic E-state index is 5.47.